The van der Waals surface area contributed by atoms with Gasteiger partial charge in [-0.15, -0.1) is 10.2 Å². The summed E-state index contributed by atoms with van der Waals surface area (Å²) in [7, 11) is 0. The Hall–Kier alpha value is -1.40. The van der Waals surface area contributed by atoms with Crippen LogP contribution in [0.5, 0.6) is 0 Å². The maximum Gasteiger partial charge on any atom is 0.152 e. The first kappa shape index (κ1) is 11.7. The summed E-state index contributed by atoms with van der Waals surface area (Å²) in [5.41, 5.74) is 8.02. The smallest absolute Gasteiger partial charge is 0.152 e. The van der Waals surface area contributed by atoms with E-state index < -0.39 is 0 Å². The van der Waals surface area contributed by atoms with Gasteiger partial charge >= 0.3 is 0 Å². The fraction of sp³-hybridized carbons (Fsp3) is 0.333. The Bertz CT molecular complexity index is 565. The zero-order chi connectivity index (χ0) is 12.5. The van der Waals surface area contributed by atoms with Crippen LogP contribution in [0.4, 0.5) is 5.69 Å². The van der Waals surface area contributed by atoms with E-state index in [2.05, 4.69) is 53.8 Å². The number of hydrogen-bond acceptors (Lipinski definition) is 4. The van der Waals surface area contributed by atoms with Crippen molar-refractivity contribution in [3.8, 4) is 0 Å². The number of aromatic nitrogens is 3. The van der Waals surface area contributed by atoms with Crippen LogP contribution < -0.4 is 10.6 Å². The van der Waals surface area contributed by atoms with Crippen LogP contribution in [-0.4, -0.2) is 21.3 Å². The zero-order valence-electron chi connectivity index (χ0n) is 9.88. The van der Waals surface area contributed by atoms with E-state index in [9.17, 15) is 0 Å². The van der Waals surface area contributed by atoms with Gasteiger partial charge in [0.15, 0.2) is 5.82 Å². The Morgan fingerprint density at radius 1 is 1.28 bits per heavy atom. The van der Waals surface area contributed by atoms with Gasteiger partial charge in [0, 0.05) is 29.8 Å². The second-order valence-corrected chi connectivity index (χ2v) is 5.30. The number of benzene rings is 1. The quantitative estimate of drug-likeness (QED) is 0.914. The van der Waals surface area contributed by atoms with E-state index in [0.717, 1.165) is 35.5 Å². The Kier molecular flexibility index (Phi) is 3.05. The van der Waals surface area contributed by atoms with E-state index in [0.29, 0.717) is 6.54 Å². The average Bonchev–Trinajstić information content (AvgIpc) is 2.85. The van der Waals surface area contributed by atoms with Crippen molar-refractivity contribution in [3.05, 3.63) is 40.4 Å². The van der Waals surface area contributed by atoms with Crippen molar-refractivity contribution < 1.29 is 0 Å². The van der Waals surface area contributed by atoms with Crippen molar-refractivity contribution in [3.63, 3.8) is 0 Å². The molecule has 0 unspecified atom stereocenters. The van der Waals surface area contributed by atoms with Gasteiger partial charge in [-0.2, -0.15) is 0 Å². The molecule has 0 saturated carbocycles. The van der Waals surface area contributed by atoms with Crippen LogP contribution in [0, 0.1) is 0 Å². The van der Waals surface area contributed by atoms with Crippen LogP contribution in [0.1, 0.15) is 11.4 Å². The molecule has 0 aliphatic carbocycles. The van der Waals surface area contributed by atoms with Gasteiger partial charge in [-0.1, -0.05) is 15.9 Å². The molecule has 0 radical (unpaired) electrons. The normalized spacial score (nSPS) is 14.7. The summed E-state index contributed by atoms with van der Waals surface area (Å²) in [5.74, 6) is 1.01. The maximum atomic E-state index is 5.71. The number of rotatable bonds is 2. The Balaban J connectivity index is 1.90. The van der Waals surface area contributed by atoms with Gasteiger partial charge in [-0.05, 0) is 23.8 Å². The molecule has 18 heavy (non-hydrogen) atoms. The first-order chi connectivity index (χ1) is 8.76. The van der Waals surface area contributed by atoms with Gasteiger partial charge in [-0.3, -0.25) is 0 Å². The lowest BCUT2D eigenvalue weighted by molar-refractivity contribution is 0.560. The lowest BCUT2D eigenvalue weighted by atomic mass is 10.1. The second kappa shape index (κ2) is 4.70. The molecule has 0 fully saturated rings. The lowest BCUT2D eigenvalue weighted by Gasteiger charge is -2.29. The van der Waals surface area contributed by atoms with Crippen LogP contribution in [0.2, 0.25) is 0 Å². The molecule has 1 aliphatic heterocycles. The predicted octanol–water partition coefficient (Wildman–Crippen LogP) is 1.52. The molecule has 2 aromatic rings. The number of nitrogens with two attached hydrogens (primary N) is 1. The van der Waals surface area contributed by atoms with Crippen LogP contribution in [-0.2, 0) is 19.6 Å². The van der Waals surface area contributed by atoms with E-state index >= 15 is 0 Å². The first-order valence-corrected chi connectivity index (χ1v) is 6.67. The summed E-state index contributed by atoms with van der Waals surface area (Å²) >= 11 is 3.53. The molecular weight excluding hydrogens is 294 g/mol. The first-order valence-electron chi connectivity index (χ1n) is 5.87. The molecule has 94 valence electrons. The molecule has 0 bridgehead atoms. The van der Waals surface area contributed by atoms with Crippen molar-refractivity contribution in [2.45, 2.75) is 19.6 Å². The number of fused-ring (bicyclic) bond motifs is 1. The van der Waals surface area contributed by atoms with Gasteiger partial charge in [0.2, 0.25) is 0 Å². The monoisotopic (exact) mass is 307 g/mol. The van der Waals surface area contributed by atoms with E-state index in [-0.39, 0.29) is 0 Å². The third kappa shape index (κ3) is 2.13. The van der Waals surface area contributed by atoms with E-state index in [1.807, 2.05) is 0 Å². The van der Waals surface area contributed by atoms with Crippen LogP contribution >= 0.6 is 15.9 Å². The number of hydrogen-bond donors (Lipinski definition) is 1. The van der Waals surface area contributed by atoms with Crippen LogP contribution in [0.15, 0.2) is 29.0 Å². The number of anilines is 1. The van der Waals surface area contributed by atoms with Crippen LogP contribution in [0.3, 0.4) is 0 Å². The Labute approximate surface area is 114 Å². The predicted molar refractivity (Wildman–Crippen MR) is 73.1 cm³/mol. The highest BCUT2D eigenvalue weighted by Crippen LogP contribution is 2.25. The molecule has 2 heterocycles. The summed E-state index contributed by atoms with van der Waals surface area (Å²) in [6.07, 6.45) is 1.79. The summed E-state index contributed by atoms with van der Waals surface area (Å²) in [6, 6.07) is 6.30. The third-order valence-corrected chi connectivity index (χ3v) is 3.64. The third-order valence-electron chi connectivity index (χ3n) is 3.18. The van der Waals surface area contributed by atoms with E-state index in [1.54, 1.807) is 6.33 Å². The highest BCUT2D eigenvalue weighted by Gasteiger charge is 2.18. The SMILES string of the molecule is NCc1cc(Br)cc(N2CCn3cnnc3C2)c1. The molecule has 5 nitrogen and oxygen atoms in total. The minimum atomic E-state index is 0.552. The summed E-state index contributed by atoms with van der Waals surface area (Å²) in [5, 5.41) is 8.07. The summed E-state index contributed by atoms with van der Waals surface area (Å²) in [6.45, 7) is 3.23. The van der Waals surface area contributed by atoms with Crippen molar-refractivity contribution in [2.75, 3.05) is 11.4 Å². The average molecular weight is 308 g/mol. The number of halogens is 1. The maximum absolute atomic E-state index is 5.71. The Morgan fingerprint density at radius 3 is 3.00 bits per heavy atom. The van der Waals surface area contributed by atoms with Gasteiger partial charge in [0.25, 0.3) is 0 Å². The molecule has 2 N–H and O–H groups in total. The highest BCUT2D eigenvalue weighted by molar-refractivity contribution is 9.10. The zero-order valence-corrected chi connectivity index (χ0v) is 11.5. The molecule has 0 saturated heterocycles. The van der Waals surface area contributed by atoms with Crippen LogP contribution in [0.25, 0.3) is 0 Å². The molecule has 0 atom stereocenters. The van der Waals surface area contributed by atoms with Gasteiger partial charge in [0.05, 0.1) is 6.54 Å². The molecule has 0 amide bonds. The molecule has 1 aromatic carbocycles. The minimum Gasteiger partial charge on any atom is -0.362 e. The topological polar surface area (TPSA) is 60.0 Å². The van der Waals surface area contributed by atoms with E-state index in [4.69, 9.17) is 5.73 Å². The van der Waals surface area contributed by atoms with Crippen molar-refractivity contribution in [1.82, 2.24) is 14.8 Å². The molecule has 1 aliphatic rings. The Morgan fingerprint density at radius 2 is 2.17 bits per heavy atom. The van der Waals surface area contributed by atoms with Gasteiger partial charge < -0.3 is 15.2 Å². The van der Waals surface area contributed by atoms with E-state index in [1.165, 1.54) is 5.69 Å². The largest absolute Gasteiger partial charge is 0.362 e. The summed E-state index contributed by atoms with van der Waals surface area (Å²) < 4.78 is 3.16. The molecule has 0 spiro atoms. The fourth-order valence-electron chi connectivity index (χ4n) is 2.22. The van der Waals surface area contributed by atoms with Gasteiger partial charge in [0.1, 0.15) is 6.33 Å². The second-order valence-electron chi connectivity index (χ2n) is 4.38. The molecule has 6 heteroatoms. The van der Waals surface area contributed by atoms with Crippen molar-refractivity contribution >= 4 is 21.6 Å². The standard InChI is InChI=1S/C12H14BrN5/c13-10-3-9(6-14)4-11(5-10)17-1-2-18-8-15-16-12(18)7-17/h3-5,8H,1-2,6-7,14H2. The molecule has 3 rings (SSSR count). The lowest BCUT2D eigenvalue weighted by Crippen LogP contribution is -2.33. The highest BCUT2D eigenvalue weighted by atomic mass is 79.9. The summed E-state index contributed by atoms with van der Waals surface area (Å²) in [4.78, 5) is 2.30. The molecular formula is C12H14BrN5. The van der Waals surface area contributed by atoms with Crippen molar-refractivity contribution in [1.29, 1.82) is 0 Å². The van der Waals surface area contributed by atoms with Crippen molar-refractivity contribution in [2.24, 2.45) is 5.73 Å². The number of nitrogens with zero attached hydrogens (tertiary/aromatic N) is 4. The van der Waals surface area contributed by atoms with Gasteiger partial charge in [-0.25, -0.2) is 0 Å². The minimum absolute atomic E-state index is 0.552. The molecule has 1 aromatic heterocycles. The fourth-order valence-corrected chi connectivity index (χ4v) is 2.75.